The van der Waals surface area contributed by atoms with E-state index in [9.17, 15) is 22.4 Å². The first kappa shape index (κ1) is 25.0. The number of halogens is 6. The number of pyridine rings is 1. The second-order valence-electron chi connectivity index (χ2n) is 8.89. The minimum absolute atomic E-state index is 0.0148. The molecule has 1 amide bonds. The summed E-state index contributed by atoms with van der Waals surface area (Å²) in [6.07, 6.45) is -2.21. The molecule has 1 N–H and O–H groups in total. The van der Waals surface area contributed by atoms with E-state index in [0.717, 1.165) is 36.1 Å². The van der Waals surface area contributed by atoms with Crippen molar-refractivity contribution in [1.82, 2.24) is 15.2 Å². The van der Waals surface area contributed by atoms with E-state index in [2.05, 4.69) is 15.5 Å². The molecule has 3 aliphatic rings. The fourth-order valence-electron chi connectivity index (χ4n) is 4.54. The van der Waals surface area contributed by atoms with Crippen molar-refractivity contribution in [2.45, 2.75) is 50.2 Å². The van der Waals surface area contributed by atoms with Crippen molar-refractivity contribution < 1.29 is 31.9 Å². The number of carbonyl (C=O) groups is 1. The Labute approximate surface area is 213 Å². The quantitative estimate of drug-likeness (QED) is 0.434. The zero-order valence-electron chi connectivity index (χ0n) is 18.7. The molecule has 2 unspecified atom stereocenters. The number of carbonyl (C=O) groups excluding carboxylic acids is 1. The van der Waals surface area contributed by atoms with E-state index >= 15 is 0 Å². The Bertz CT molecular complexity index is 1210. The van der Waals surface area contributed by atoms with Crippen molar-refractivity contribution in [2.24, 2.45) is 5.16 Å². The molecule has 0 saturated carbocycles. The molecule has 3 aliphatic heterocycles. The summed E-state index contributed by atoms with van der Waals surface area (Å²) in [5.41, 5.74) is -1.62. The van der Waals surface area contributed by atoms with Gasteiger partial charge in [0.05, 0.1) is 22.6 Å². The molecule has 0 bridgehead atoms. The zero-order chi connectivity index (χ0) is 25.7. The number of hydrogen-bond donors (Lipinski definition) is 1. The van der Waals surface area contributed by atoms with Gasteiger partial charge >= 0.3 is 6.18 Å². The average Bonchev–Trinajstić information content (AvgIpc) is 3.59. The zero-order valence-corrected chi connectivity index (χ0v) is 20.2. The number of alkyl halides is 3. The van der Waals surface area contributed by atoms with Crippen molar-refractivity contribution in [3.63, 3.8) is 0 Å². The normalized spacial score (nSPS) is 23.4. The molecular weight excluding hydrogens is 527 g/mol. The number of rotatable bonds is 4. The lowest BCUT2D eigenvalue weighted by atomic mass is 9.89. The topological polar surface area (TPSA) is 76.0 Å². The second kappa shape index (κ2) is 9.35. The van der Waals surface area contributed by atoms with Gasteiger partial charge in [-0.2, -0.15) is 13.2 Å². The number of fused-ring (bicyclic) bond motifs is 1. The predicted molar refractivity (Wildman–Crippen MR) is 122 cm³/mol. The number of amides is 1. The molecule has 0 aliphatic carbocycles. The second-order valence-corrected chi connectivity index (χ2v) is 9.71. The highest BCUT2D eigenvalue weighted by Crippen LogP contribution is 2.50. The highest BCUT2D eigenvalue weighted by molar-refractivity contribution is 6.35. The minimum Gasteiger partial charge on any atom is -0.376 e. The van der Waals surface area contributed by atoms with Crippen LogP contribution in [0.2, 0.25) is 10.0 Å². The van der Waals surface area contributed by atoms with Gasteiger partial charge in [0.1, 0.15) is 11.5 Å². The molecule has 2 atom stereocenters. The smallest absolute Gasteiger partial charge is 0.376 e. The number of amidine groups is 1. The largest absolute Gasteiger partial charge is 0.435 e. The van der Waals surface area contributed by atoms with Gasteiger partial charge in [-0.3, -0.25) is 9.78 Å². The number of benzene rings is 1. The predicted octanol–water partition coefficient (Wildman–Crippen LogP) is 4.94. The summed E-state index contributed by atoms with van der Waals surface area (Å²) < 4.78 is 62.1. The molecule has 7 nitrogen and oxygen atoms in total. The Balaban J connectivity index is 1.31. The first-order chi connectivity index (χ1) is 17.1. The van der Waals surface area contributed by atoms with Crippen LogP contribution in [0, 0.1) is 5.82 Å². The number of aromatic nitrogens is 1. The molecule has 13 heteroatoms. The fraction of sp³-hybridized carbons (Fsp3) is 0.435. The van der Waals surface area contributed by atoms with Crippen LogP contribution in [-0.2, 0) is 28.3 Å². The molecule has 1 aromatic carbocycles. The Morgan fingerprint density at radius 1 is 1.19 bits per heavy atom. The van der Waals surface area contributed by atoms with E-state index in [0.29, 0.717) is 13.2 Å². The van der Waals surface area contributed by atoms with Crippen LogP contribution in [0.3, 0.4) is 0 Å². The Kier molecular flexibility index (Phi) is 6.50. The van der Waals surface area contributed by atoms with Crippen LogP contribution in [-0.4, -0.2) is 47.1 Å². The van der Waals surface area contributed by atoms with Gasteiger partial charge in [-0.05, 0) is 42.2 Å². The van der Waals surface area contributed by atoms with Crippen LogP contribution in [0.5, 0.6) is 0 Å². The minimum atomic E-state index is -4.90. The van der Waals surface area contributed by atoms with Crippen molar-refractivity contribution in [3.8, 4) is 0 Å². The number of nitrogens with one attached hydrogen (secondary N) is 1. The average molecular weight is 547 g/mol. The van der Waals surface area contributed by atoms with Crippen molar-refractivity contribution >= 4 is 34.9 Å². The van der Waals surface area contributed by atoms with Gasteiger partial charge < -0.3 is 19.8 Å². The van der Waals surface area contributed by atoms with E-state index in [-0.39, 0.29) is 36.6 Å². The highest BCUT2D eigenvalue weighted by Gasteiger charge is 2.63. The maximum Gasteiger partial charge on any atom is 0.435 e. The molecule has 1 fully saturated rings. The third-order valence-electron chi connectivity index (χ3n) is 6.54. The summed E-state index contributed by atoms with van der Waals surface area (Å²) in [7, 11) is 0. The van der Waals surface area contributed by atoms with Gasteiger partial charge in [-0.15, -0.1) is 0 Å². The van der Waals surface area contributed by atoms with Crippen LogP contribution in [0.4, 0.5) is 17.6 Å². The molecule has 1 saturated heterocycles. The van der Waals surface area contributed by atoms with Gasteiger partial charge in [-0.1, -0.05) is 28.4 Å². The molecule has 1 aromatic heterocycles. The van der Waals surface area contributed by atoms with Crippen LogP contribution >= 0.6 is 23.2 Å². The summed E-state index contributed by atoms with van der Waals surface area (Å²) in [6, 6.07) is 3.31. The fourth-order valence-corrected chi connectivity index (χ4v) is 5.02. The molecule has 5 rings (SSSR count). The summed E-state index contributed by atoms with van der Waals surface area (Å²) in [5.74, 6) is -1.32. The molecule has 0 radical (unpaired) electrons. The third-order valence-corrected chi connectivity index (χ3v) is 7.09. The summed E-state index contributed by atoms with van der Waals surface area (Å²) in [6.45, 7) is 1.51. The van der Waals surface area contributed by atoms with Crippen LogP contribution in [0.15, 0.2) is 29.6 Å². The van der Waals surface area contributed by atoms with Gasteiger partial charge in [0.25, 0.3) is 11.5 Å². The van der Waals surface area contributed by atoms with Crippen LogP contribution in [0.1, 0.15) is 46.4 Å². The highest BCUT2D eigenvalue weighted by atomic mass is 35.5. The van der Waals surface area contributed by atoms with Crippen LogP contribution < -0.4 is 5.32 Å². The van der Waals surface area contributed by atoms with Crippen LogP contribution in [0.25, 0.3) is 0 Å². The monoisotopic (exact) mass is 546 g/mol. The number of nitrogens with zero attached hydrogens (tertiary/aromatic N) is 3. The third kappa shape index (κ3) is 4.48. The maximum atomic E-state index is 14.3. The van der Waals surface area contributed by atoms with E-state index in [4.69, 9.17) is 32.8 Å². The van der Waals surface area contributed by atoms with E-state index in [1.165, 1.54) is 6.20 Å². The van der Waals surface area contributed by atoms with E-state index in [1.807, 2.05) is 0 Å². The summed E-state index contributed by atoms with van der Waals surface area (Å²) in [5, 5.41) is 5.43. The lowest BCUT2D eigenvalue weighted by Gasteiger charge is -2.30. The van der Waals surface area contributed by atoms with E-state index < -0.39 is 39.6 Å². The van der Waals surface area contributed by atoms with Crippen molar-refractivity contribution in [2.75, 3.05) is 13.2 Å². The Morgan fingerprint density at radius 2 is 1.92 bits per heavy atom. The molecule has 192 valence electrons. The van der Waals surface area contributed by atoms with Gasteiger partial charge in [0.2, 0.25) is 0 Å². The van der Waals surface area contributed by atoms with Gasteiger partial charge in [0.15, 0.2) is 5.82 Å². The molecular formula is C23H20Cl2F4N4O3. The number of oxime groups is 1. The van der Waals surface area contributed by atoms with Crippen molar-refractivity contribution in [1.29, 1.82) is 0 Å². The van der Waals surface area contributed by atoms with Gasteiger partial charge in [0, 0.05) is 38.0 Å². The lowest BCUT2D eigenvalue weighted by Crippen LogP contribution is -2.44. The Morgan fingerprint density at radius 3 is 2.58 bits per heavy atom. The maximum absolute atomic E-state index is 14.3. The Hall–Kier alpha value is -2.63. The molecule has 0 spiro atoms. The number of hydrogen-bond acceptors (Lipinski definition) is 6. The first-order valence-electron chi connectivity index (χ1n) is 11.2. The SMILES string of the molecule is O=C(NCC1CCCO1)c1cc2c(cn1)CN(C1=NOC(c3cc(Cl)c(F)c(Cl)c3)(C(F)(F)F)C1)C2. The standard InChI is InChI=1S/C23H20Cl2F4N4O3/c24-16-5-14(6-17(25)20(16)26)22(23(27,28)29)7-19(32-36-22)33-10-12-4-18(30-8-13(12)11-33)21(34)31-9-15-2-1-3-35-15/h4-6,8,15H,1-3,7,9-11H2,(H,31,34). The number of ether oxygens (including phenoxy) is 1. The molecule has 2 aromatic rings. The first-order valence-corrected chi connectivity index (χ1v) is 11.9. The molecule has 36 heavy (non-hydrogen) atoms. The summed E-state index contributed by atoms with van der Waals surface area (Å²) in [4.78, 5) is 23.3. The van der Waals surface area contributed by atoms with Crippen molar-refractivity contribution in [3.05, 3.63) is 62.6 Å². The summed E-state index contributed by atoms with van der Waals surface area (Å²) >= 11 is 11.5. The lowest BCUT2D eigenvalue weighted by molar-refractivity contribution is -0.275. The molecule has 4 heterocycles. The van der Waals surface area contributed by atoms with E-state index in [1.54, 1.807) is 11.0 Å². The van der Waals surface area contributed by atoms with Gasteiger partial charge in [-0.25, -0.2) is 4.39 Å².